The lowest BCUT2D eigenvalue weighted by atomic mass is 9.88. The van der Waals surface area contributed by atoms with Crippen molar-refractivity contribution in [1.29, 1.82) is 0 Å². The second-order valence-corrected chi connectivity index (χ2v) is 14.4. The Kier molecular flexibility index (Phi) is 8.24. The topological polar surface area (TPSA) is 145 Å². The van der Waals surface area contributed by atoms with Crippen LogP contribution in [0.3, 0.4) is 0 Å². The standard InChI is InChI=1S/C26H37N3O8S/c1-11-12-17-13-14-18(29(32)33)15-19(17)26(10)16-38(34,35)25(8,9)20(27-26)28(21(30)36-23(2,3)4)22(31)37-24(5,6)7/h11,13-15H,1,12,16H2,2-10H3/t26-/m0/s1. The molecule has 0 unspecified atom stereocenters. The van der Waals surface area contributed by atoms with Crippen LogP contribution in [-0.2, 0) is 31.3 Å². The first kappa shape index (κ1) is 30.9. The fourth-order valence-electron chi connectivity index (χ4n) is 3.92. The van der Waals surface area contributed by atoms with Gasteiger partial charge in [-0.2, -0.15) is 4.90 Å². The van der Waals surface area contributed by atoms with E-state index in [4.69, 9.17) is 9.47 Å². The number of amidine groups is 1. The van der Waals surface area contributed by atoms with E-state index in [0.29, 0.717) is 10.5 Å². The van der Waals surface area contributed by atoms with Crippen molar-refractivity contribution in [2.24, 2.45) is 4.99 Å². The van der Waals surface area contributed by atoms with E-state index in [1.54, 1.807) is 47.6 Å². The Morgan fingerprint density at radius 1 is 1.11 bits per heavy atom. The number of ether oxygens (including phenoxy) is 2. The van der Waals surface area contributed by atoms with E-state index in [0.717, 1.165) is 0 Å². The van der Waals surface area contributed by atoms with Crippen molar-refractivity contribution in [3.63, 3.8) is 0 Å². The van der Waals surface area contributed by atoms with Crippen LogP contribution in [0.4, 0.5) is 15.3 Å². The summed E-state index contributed by atoms with van der Waals surface area (Å²) in [7, 11) is -4.11. The van der Waals surface area contributed by atoms with Crippen LogP contribution >= 0.6 is 0 Å². The Hall–Kier alpha value is -3.28. The van der Waals surface area contributed by atoms with Gasteiger partial charge in [0, 0.05) is 12.1 Å². The number of hydrogen-bond donors (Lipinski definition) is 0. The van der Waals surface area contributed by atoms with Crippen LogP contribution in [0, 0.1) is 10.1 Å². The molecule has 210 valence electrons. The molecular formula is C26H37N3O8S. The minimum absolute atomic E-state index is 0.260. The first-order chi connectivity index (χ1) is 17.0. The number of benzene rings is 1. The fraction of sp³-hybridized carbons (Fsp3) is 0.577. The highest BCUT2D eigenvalue weighted by molar-refractivity contribution is 7.93. The summed E-state index contributed by atoms with van der Waals surface area (Å²) in [6.07, 6.45) is -0.473. The van der Waals surface area contributed by atoms with Crippen molar-refractivity contribution in [1.82, 2.24) is 4.90 Å². The Labute approximate surface area is 224 Å². The summed E-state index contributed by atoms with van der Waals surface area (Å²) in [5.41, 5.74) is -3.10. The summed E-state index contributed by atoms with van der Waals surface area (Å²) < 4.78 is 36.6. The second kappa shape index (κ2) is 10.1. The van der Waals surface area contributed by atoms with Gasteiger partial charge < -0.3 is 9.47 Å². The van der Waals surface area contributed by atoms with Gasteiger partial charge in [-0.15, -0.1) is 6.58 Å². The third-order valence-electron chi connectivity index (χ3n) is 5.75. The van der Waals surface area contributed by atoms with Crippen LogP contribution in [0.1, 0.15) is 73.4 Å². The zero-order chi connectivity index (χ0) is 29.5. The predicted molar refractivity (Wildman–Crippen MR) is 144 cm³/mol. The van der Waals surface area contributed by atoms with E-state index in [1.807, 2.05) is 0 Å². The number of carbonyl (C=O) groups is 2. The lowest BCUT2D eigenvalue weighted by Crippen LogP contribution is -2.61. The summed E-state index contributed by atoms with van der Waals surface area (Å²) >= 11 is 0. The van der Waals surface area contributed by atoms with Crippen molar-refractivity contribution in [2.45, 2.75) is 90.2 Å². The van der Waals surface area contributed by atoms with Crippen LogP contribution in [0.25, 0.3) is 0 Å². The summed E-state index contributed by atoms with van der Waals surface area (Å²) in [5.74, 6) is -0.941. The molecule has 2 rings (SSSR count). The van der Waals surface area contributed by atoms with E-state index >= 15 is 0 Å². The van der Waals surface area contributed by atoms with Crippen LogP contribution in [0.5, 0.6) is 0 Å². The molecule has 0 fully saturated rings. The molecule has 0 radical (unpaired) electrons. The number of rotatable bonds is 4. The van der Waals surface area contributed by atoms with Gasteiger partial charge in [0.1, 0.15) is 21.8 Å². The smallest absolute Gasteiger partial charge is 0.425 e. The normalized spacial score (nSPS) is 20.6. The summed E-state index contributed by atoms with van der Waals surface area (Å²) in [5, 5.41) is 11.6. The Balaban J connectivity index is 2.93. The minimum atomic E-state index is -4.11. The number of nitro benzene ring substituents is 1. The molecule has 0 bridgehead atoms. The number of non-ortho nitro benzene ring substituents is 1. The molecule has 1 aliphatic heterocycles. The zero-order valence-electron chi connectivity index (χ0n) is 23.4. The summed E-state index contributed by atoms with van der Waals surface area (Å²) in [4.78, 5) is 42.9. The molecule has 2 amide bonds. The van der Waals surface area contributed by atoms with E-state index in [1.165, 1.54) is 39.0 Å². The third kappa shape index (κ3) is 6.58. The van der Waals surface area contributed by atoms with E-state index in [9.17, 15) is 28.1 Å². The van der Waals surface area contributed by atoms with Gasteiger partial charge in [0.05, 0.1) is 16.2 Å². The summed E-state index contributed by atoms with van der Waals surface area (Å²) in [6.45, 7) is 17.4. The van der Waals surface area contributed by atoms with Crippen LogP contribution < -0.4 is 0 Å². The Morgan fingerprint density at radius 2 is 1.61 bits per heavy atom. The van der Waals surface area contributed by atoms with Gasteiger partial charge in [0.15, 0.2) is 9.84 Å². The quantitative estimate of drug-likeness (QED) is 0.278. The molecule has 0 spiro atoms. The SMILES string of the molecule is C=CCc1ccc([N+](=O)[O-])cc1[C@]1(C)CS(=O)(=O)C(C)(C)C(N(C(=O)OC(C)(C)C)C(=O)OC(C)(C)C)=N1. The molecule has 0 saturated heterocycles. The summed E-state index contributed by atoms with van der Waals surface area (Å²) in [6, 6.07) is 4.09. The molecule has 38 heavy (non-hydrogen) atoms. The van der Waals surface area contributed by atoms with Gasteiger partial charge >= 0.3 is 12.2 Å². The maximum Gasteiger partial charge on any atom is 0.425 e. The molecule has 0 saturated carbocycles. The monoisotopic (exact) mass is 551 g/mol. The average Bonchev–Trinajstić information content (AvgIpc) is 2.69. The maximum absolute atomic E-state index is 13.7. The minimum Gasteiger partial charge on any atom is -0.443 e. The number of aliphatic imine (C=N–C) groups is 1. The molecular weight excluding hydrogens is 514 g/mol. The van der Waals surface area contributed by atoms with E-state index < -0.39 is 60.0 Å². The Bertz CT molecular complexity index is 1260. The van der Waals surface area contributed by atoms with Gasteiger partial charge in [0.25, 0.3) is 5.69 Å². The van der Waals surface area contributed by atoms with Crippen LogP contribution in [0.15, 0.2) is 35.8 Å². The predicted octanol–water partition coefficient (Wildman–Crippen LogP) is 5.32. The number of carbonyl (C=O) groups excluding carboxylic acids is 2. The zero-order valence-corrected chi connectivity index (χ0v) is 24.3. The van der Waals surface area contributed by atoms with Gasteiger partial charge in [-0.25, -0.2) is 18.0 Å². The van der Waals surface area contributed by atoms with Crippen molar-refractivity contribution < 1.29 is 32.4 Å². The number of sulfone groups is 1. The second-order valence-electron chi connectivity index (χ2n) is 11.9. The van der Waals surface area contributed by atoms with Crippen molar-refractivity contribution in [3.8, 4) is 0 Å². The van der Waals surface area contributed by atoms with Crippen LogP contribution in [-0.4, -0.2) is 58.0 Å². The van der Waals surface area contributed by atoms with Crippen molar-refractivity contribution in [3.05, 3.63) is 52.1 Å². The fourth-order valence-corrected chi connectivity index (χ4v) is 5.66. The highest BCUT2D eigenvalue weighted by Gasteiger charge is 2.55. The maximum atomic E-state index is 13.7. The molecule has 1 aromatic rings. The molecule has 1 aliphatic rings. The molecule has 1 aromatic carbocycles. The highest BCUT2D eigenvalue weighted by Crippen LogP contribution is 2.41. The lowest BCUT2D eigenvalue weighted by molar-refractivity contribution is -0.385. The number of nitro groups is 1. The highest BCUT2D eigenvalue weighted by atomic mass is 32.2. The third-order valence-corrected chi connectivity index (χ3v) is 8.43. The average molecular weight is 552 g/mol. The molecule has 11 nitrogen and oxygen atoms in total. The van der Waals surface area contributed by atoms with Gasteiger partial charge in [-0.1, -0.05) is 12.1 Å². The van der Waals surface area contributed by atoms with E-state index in [2.05, 4.69) is 11.6 Å². The number of nitrogens with zero attached hydrogens (tertiary/aromatic N) is 3. The molecule has 1 atom stereocenters. The molecule has 0 N–H and O–H groups in total. The first-order valence-corrected chi connectivity index (χ1v) is 13.7. The molecule has 0 aromatic heterocycles. The lowest BCUT2D eigenvalue weighted by Gasteiger charge is -2.42. The first-order valence-electron chi connectivity index (χ1n) is 12.0. The number of imide groups is 1. The number of amides is 2. The largest absolute Gasteiger partial charge is 0.443 e. The van der Waals surface area contributed by atoms with Crippen molar-refractivity contribution >= 4 is 33.5 Å². The van der Waals surface area contributed by atoms with Gasteiger partial charge in [-0.3, -0.25) is 15.1 Å². The number of allylic oxidation sites excluding steroid dienone is 1. The van der Waals surface area contributed by atoms with E-state index in [-0.39, 0.29) is 17.7 Å². The van der Waals surface area contributed by atoms with Crippen molar-refractivity contribution in [2.75, 3.05) is 5.75 Å². The number of hydrogen-bond acceptors (Lipinski definition) is 9. The van der Waals surface area contributed by atoms with Gasteiger partial charge in [0.2, 0.25) is 0 Å². The molecule has 0 aliphatic carbocycles. The molecule has 12 heteroatoms. The molecule has 1 heterocycles. The Morgan fingerprint density at radius 3 is 2.03 bits per heavy atom. The van der Waals surface area contributed by atoms with Crippen LogP contribution in [0.2, 0.25) is 0 Å². The van der Waals surface area contributed by atoms with Gasteiger partial charge in [-0.05, 0) is 79.9 Å².